The van der Waals surface area contributed by atoms with Gasteiger partial charge in [-0.1, -0.05) is 84.9 Å². The number of carboxylic acids is 1. The lowest BCUT2D eigenvalue weighted by molar-refractivity contribution is -0.151. The molecule has 2 saturated heterocycles. The van der Waals surface area contributed by atoms with Crippen LogP contribution < -0.4 is 5.32 Å². The van der Waals surface area contributed by atoms with Gasteiger partial charge in [0.05, 0.1) is 17.4 Å². The molecule has 0 aromatic heterocycles. The molecule has 0 radical (unpaired) electrons. The maximum atomic E-state index is 13.7. The smallest absolute Gasteiger partial charge is 0.416 e. The average molecular weight is 535 g/mol. The summed E-state index contributed by atoms with van der Waals surface area (Å²) >= 11 is 0. The van der Waals surface area contributed by atoms with Crippen LogP contribution in [0.4, 0.5) is 13.2 Å². The summed E-state index contributed by atoms with van der Waals surface area (Å²) in [7, 11) is 0. The Hall–Kier alpha value is -4.24. The third-order valence-corrected chi connectivity index (χ3v) is 7.42. The molecule has 0 spiro atoms. The predicted molar refractivity (Wildman–Crippen MR) is 137 cm³/mol. The minimum absolute atomic E-state index is 0.0874. The van der Waals surface area contributed by atoms with Crippen molar-refractivity contribution in [2.24, 2.45) is 11.8 Å². The molecule has 9 heteroatoms. The minimum atomic E-state index is -4.63. The molecule has 0 saturated carbocycles. The van der Waals surface area contributed by atoms with Crippen LogP contribution in [0.25, 0.3) is 6.08 Å². The number of alkyl halides is 3. The monoisotopic (exact) mass is 534 g/mol. The van der Waals surface area contributed by atoms with Crippen LogP contribution in [0.5, 0.6) is 0 Å². The molecule has 200 valence electrons. The molecule has 4 unspecified atom stereocenters. The number of nitrogens with zero attached hydrogens (tertiary/aromatic N) is 1. The number of imide groups is 1. The lowest BCUT2D eigenvalue weighted by Gasteiger charge is -2.31. The van der Waals surface area contributed by atoms with Gasteiger partial charge < -0.3 is 5.11 Å². The topological polar surface area (TPSA) is 86.7 Å². The molecule has 6 nitrogen and oxygen atoms in total. The first kappa shape index (κ1) is 26.4. The molecule has 4 atom stereocenters. The van der Waals surface area contributed by atoms with Gasteiger partial charge in [-0.2, -0.15) is 13.2 Å². The van der Waals surface area contributed by atoms with Gasteiger partial charge in [0.15, 0.2) is 0 Å². The number of aliphatic carboxylic acids is 1. The number of likely N-dealkylation sites (tertiary alicyclic amines) is 1. The molecule has 2 N–H and O–H groups in total. The fraction of sp³-hybridized carbons (Fsp3) is 0.233. The first-order chi connectivity index (χ1) is 18.6. The fourth-order valence-electron chi connectivity index (χ4n) is 5.65. The Morgan fingerprint density at radius 2 is 1.62 bits per heavy atom. The standard InChI is InChI=1S/C30H25F3N2O4/c31-30(32,33)22-15-7-14-21(17-22)25-23-24(29(34-25,28(38)39)18-20-11-5-2-6-12-20)27(37)35(26(23)36)16-8-13-19-9-3-1-4-10-19/h1-15,17,23-25,34H,16,18H2,(H,38,39). The van der Waals surface area contributed by atoms with Crippen molar-refractivity contribution < 1.29 is 32.7 Å². The number of hydrogen-bond acceptors (Lipinski definition) is 4. The number of carbonyl (C=O) groups is 3. The molecule has 3 aromatic rings. The second-order valence-corrected chi connectivity index (χ2v) is 9.79. The van der Waals surface area contributed by atoms with E-state index in [9.17, 15) is 32.7 Å². The minimum Gasteiger partial charge on any atom is -0.480 e. The summed E-state index contributed by atoms with van der Waals surface area (Å²) in [6.45, 7) is -0.0874. The van der Waals surface area contributed by atoms with Crippen molar-refractivity contribution in [3.8, 4) is 0 Å². The molecule has 0 aliphatic carbocycles. The average Bonchev–Trinajstić information content (AvgIpc) is 3.39. The lowest BCUT2D eigenvalue weighted by Crippen LogP contribution is -2.57. The third kappa shape index (κ3) is 4.85. The van der Waals surface area contributed by atoms with Crippen LogP contribution >= 0.6 is 0 Å². The van der Waals surface area contributed by atoms with Crippen molar-refractivity contribution in [1.29, 1.82) is 0 Å². The second-order valence-electron chi connectivity index (χ2n) is 9.79. The maximum absolute atomic E-state index is 13.7. The Morgan fingerprint density at radius 1 is 0.949 bits per heavy atom. The number of nitrogens with one attached hydrogen (secondary N) is 1. The zero-order chi connectivity index (χ0) is 27.8. The summed E-state index contributed by atoms with van der Waals surface area (Å²) in [4.78, 5) is 41.3. The van der Waals surface area contributed by atoms with E-state index in [0.29, 0.717) is 5.56 Å². The van der Waals surface area contributed by atoms with Crippen LogP contribution in [0.1, 0.15) is 28.3 Å². The van der Waals surface area contributed by atoms with E-state index in [2.05, 4.69) is 5.32 Å². The summed E-state index contributed by atoms with van der Waals surface area (Å²) in [6, 6.07) is 21.2. The fourth-order valence-corrected chi connectivity index (χ4v) is 5.65. The van der Waals surface area contributed by atoms with E-state index in [4.69, 9.17) is 0 Å². The summed E-state index contributed by atoms with van der Waals surface area (Å²) < 4.78 is 40.6. The number of amides is 2. The first-order valence-corrected chi connectivity index (χ1v) is 12.4. The van der Waals surface area contributed by atoms with Gasteiger partial charge in [0.2, 0.25) is 11.8 Å². The quantitative estimate of drug-likeness (QED) is 0.428. The summed E-state index contributed by atoms with van der Waals surface area (Å²) in [5.74, 6) is -5.13. The van der Waals surface area contributed by atoms with Crippen LogP contribution in [0.3, 0.4) is 0 Å². The van der Waals surface area contributed by atoms with Crippen molar-refractivity contribution in [2.45, 2.75) is 24.2 Å². The molecule has 2 aliphatic heterocycles. The zero-order valence-electron chi connectivity index (χ0n) is 20.6. The summed E-state index contributed by atoms with van der Waals surface area (Å²) in [6.07, 6.45) is -1.39. The molecular weight excluding hydrogens is 509 g/mol. The highest BCUT2D eigenvalue weighted by Gasteiger charge is 2.68. The number of carbonyl (C=O) groups excluding carboxylic acids is 2. The van der Waals surface area contributed by atoms with E-state index < -0.39 is 52.9 Å². The van der Waals surface area contributed by atoms with Gasteiger partial charge in [-0.25, -0.2) is 0 Å². The molecule has 2 amide bonds. The Morgan fingerprint density at radius 3 is 2.26 bits per heavy atom. The molecule has 2 heterocycles. The SMILES string of the molecule is O=C1C2C(c3cccc(C(F)(F)F)c3)NC(Cc3ccccc3)(C(=O)O)C2C(=O)N1CC=Cc1ccccc1. The maximum Gasteiger partial charge on any atom is 0.416 e. The van der Waals surface area contributed by atoms with Crippen LogP contribution in [-0.2, 0) is 27.0 Å². The molecule has 2 fully saturated rings. The van der Waals surface area contributed by atoms with Gasteiger partial charge in [0, 0.05) is 19.0 Å². The van der Waals surface area contributed by atoms with Gasteiger partial charge in [-0.3, -0.25) is 24.6 Å². The zero-order valence-corrected chi connectivity index (χ0v) is 20.6. The van der Waals surface area contributed by atoms with Crippen molar-refractivity contribution >= 4 is 23.9 Å². The van der Waals surface area contributed by atoms with Crippen molar-refractivity contribution in [3.63, 3.8) is 0 Å². The van der Waals surface area contributed by atoms with Crippen LogP contribution in [-0.4, -0.2) is 39.9 Å². The number of hydrogen-bond donors (Lipinski definition) is 2. The Labute approximate surface area is 222 Å². The number of halogens is 3. The van der Waals surface area contributed by atoms with E-state index in [0.717, 1.165) is 22.6 Å². The van der Waals surface area contributed by atoms with Crippen molar-refractivity contribution in [1.82, 2.24) is 10.2 Å². The number of fused-ring (bicyclic) bond motifs is 1. The molecule has 39 heavy (non-hydrogen) atoms. The summed E-state index contributed by atoms with van der Waals surface area (Å²) in [5.41, 5.74) is -1.27. The van der Waals surface area contributed by atoms with Gasteiger partial charge in [-0.05, 0) is 28.8 Å². The van der Waals surface area contributed by atoms with E-state index in [1.165, 1.54) is 12.1 Å². The van der Waals surface area contributed by atoms with Crippen molar-refractivity contribution in [2.75, 3.05) is 6.54 Å². The Bertz CT molecular complexity index is 1420. The lowest BCUT2D eigenvalue weighted by atomic mass is 9.76. The van der Waals surface area contributed by atoms with Gasteiger partial charge >= 0.3 is 12.1 Å². The number of benzene rings is 3. The highest BCUT2D eigenvalue weighted by Crippen LogP contribution is 2.50. The predicted octanol–water partition coefficient (Wildman–Crippen LogP) is 4.73. The normalized spacial score (nSPS) is 24.9. The van der Waals surface area contributed by atoms with E-state index in [1.54, 1.807) is 42.5 Å². The highest BCUT2D eigenvalue weighted by atomic mass is 19.4. The third-order valence-electron chi connectivity index (χ3n) is 7.42. The molecule has 2 aliphatic rings. The molecule has 3 aromatic carbocycles. The van der Waals surface area contributed by atoms with Crippen LogP contribution in [0.15, 0.2) is 91.0 Å². The highest BCUT2D eigenvalue weighted by molar-refractivity contribution is 6.09. The van der Waals surface area contributed by atoms with Gasteiger partial charge in [0.1, 0.15) is 5.54 Å². The van der Waals surface area contributed by atoms with E-state index in [-0.39, 0.29) is 18.5 Å². The molecule has 5 rings (SSSR count). The summed E-state index contributed by atoms with van der Waals surface area (Å²) in [5, 5.41) is 13.5. The van der Waals surface area contributed by atoms with Gasteiger partial charge in [-0.15, -0.1) is 0 Å². The van der Waals surface area contributed by atoms with E-state index >= 15 is 0 Å². The Kier molecular flexibility index (Phi) is 6.86. The van der Waals surface area contributed by atoms with E-state index in [1.807, 2.05) is 30.3 Å². The Balaban J connectivity index is 1.56. The van der Waals surface area contributed by atoms with Crippen molar-refractivity contribution in [3.05, 3.63) is 113 Å². The molecule has 0 bridgehead atoms. The van der Waals surface area contributed by atoms with Crippen LogP contribution in [0, 0.1) is 11.8 Å². The molecular formula is C30H25F3N2O4. The van der Waals surface area contributed by atoms with Gasteiger partial charge in [0.25, 0.3) is 0 Å². The second kappa shape index (κ2) is 10.1. The first-order valence-electron chi connectivity index (χ1n) is 12.4. The largest absolute Gasteiger partial charge is 0.480 e. The number of rotatable bonds is 7. The number of carboxylic acid groups (broad SMARTS) is 1. The van der Waals surface area contributed by atoms with Crippen LogP contribution in [0.2, 0.25) is 0 Å².